The summed E-state index contributed by atoms with van der Waals surface area (Å²) in [6.07, 6.45) is -4.57. The minimum absolute atomic E-state index is 0.0149. The highest BCUT2D eigenvalue weighted by atomic mass is 79.9. The monoisotopic (exact) mass is 436 g/mol. The molecule has 26 heavy (non-hydrogen) atoms. The molecule has 2 rings (SSSR count). The Balaban J connectivity index is 2.48. The summed E-state index contributed by atoms with van der Waals surface area (Å²) in [5.41, 5.74) is -0.626. The Bertz CT molecular complexity index is 777. The smallest absolute Gasteiger partial charge is 0.416 e. The van der Waals surface area contributed by atoms with Gasteiger partial charge in [0.2, 0.25) is 0 Å². The van der Waals surface area contributed by atoms with Gasteiger partial charge in [-0.2, -0.15) is 13.2 Å². The number of amides is 1. The van der Waals surface area contributed by atoms with Gasteiger partial charge in [0.25, 0.3) is 5.91 Å². The molecule has 0 atom stereocenters. The number of halogens is 4. The highest BCUT2D eigenvalue weighted by Crippen LogP contribution is 2.37. The number of benzene rings is 1. The van der Waals surface area contributed by atoms with Gasteiger partial charge in [-0.05, 0) is 24.6 Å². The van der Waals surface area contributed by atoms with E-state index in [9.17, 15) is 22.8 Å². The van der Waals surface area contributed by atoms with E-state index in [4.69, 9.17) is 5.11 Å². The van der Waals surface area contributed by atoms with E-state index in [0.29, 0.717) is 5.56 Å². The number of carbonyl (C=O) groups excluding carboxylic acids is 2. The van der Waals surface area contributed by atoms with Crippen molar-refractivity contribution in [3.05, 3.63) is 39.0 Å². The molecule has 1 aromatic carbocycles. The first kappa shape index (κ1) is 20.2. The number of nitrogens with zero attached hydrogens (tertiary/aromatic N) is 1. The predicted octanol–water partition coefficient (Wildman–Crippen LogP) is 2.45. The summed E-state index contributed by atoms with van der Waals surface area (Å²) in [6.45, 7) is 1.13. The first-order chi connectivity index (χ1) is 12.1. The Labute approximate surface area is 155 Å². The first-order valence-corrected chi connectivity index (χ1v) is 8.25. The number of carbonyl (C=O) groups is 2. The lowest BCUT2D eigenvalue weighted by Crippen LogP contribution is -2.31. The predicted molar refractivity (Wildman–Crippen MR) is 90.2 cm³/mol. The van der Waals surface area contributed by atoms with Crippen LogP contribution in [0.5, 0.6) is 0 Å². The normalized spacial score (nSPS) is 14.9. The maximum Gasteiger partial charge on any atom is 0.416 e. The van der Waals surface area contributed by atoms with Crippen molar-refractivity contribution < 1.29 is 32.6 Å². The molecule has 1 heterocycles. The summed E-state index contributed by atoms with van der Waals surface area (Å²) in [5, 5.41) is 11.7. The molecule has 1 amide bonds. The Morgan fingerprint density at radius 2 is 2.08 bits per heavy atom. The van der Waals surface area contributed by atoms with E-state index in [1.807, 2.05) is 0 Å². The molecule has 0 fully saturated rings. The molecular weight excluding hydrogens is 421 g/mol. The molecule has 142 valence electrons. The van der Waals surface area contributed by atoms with E-state index in [1.54, 1.807) is 6.92 Å². The zero-order chi connectivity index (χ0) is 19.6. The molecule has 1 aliphatic rings. The van der Waals surface area contributed by atoms with Crippen LogP contribution in [-0.4, -0.2) is 48.7 Å². The number of aliphatic hydroxyl groups excluding tert-OH is 1. The minimum atomic E-state index is -4.57. The van der Waals surface area contributed by atoms with Crippen molar-refractivity contribution in [1.29, 1.82) is 0 Å². The summed E-state index contributed by atoms with van der Waals surface area (Å²) in [4.78, 5) is 25.6. The standard InChI is InChI=1S/C16H16BrF3N2O4/c1-8-11(17)5-9(16(18,19)20)6-12(8)21-13-10(15(25)26-2)7-22(3-4-23)14(13)24/h5-6,21,23H,3-4,7H2,1-2H3. The van der Waals surface area contributed by atoms with Crippen LogP contribution in [-0.2, 0) is 20.5 Å². The van der Waals surface area contributed by atoms with Gasteiger partial charge in [0, 0.05) is 16.7 Å². The van der Waals surface area contributed by atoms with Gasteiger partial charge in [-0.3, -0.25) is 4.79 Å². The summed E-state index contributed by atoms with van der Waals surface area (Å²) in [6, 6.07) is 1.80. The van der Waals surface area contributed by atoms with Crippen LogP contribution in [0.15, 0.2) is 27.9 Å². The van der Waals surface area contributed by atoms with Gasteiger partial charge in [0.15, 0.2) is 0 Å². The summed E-state index contributed by atoms with van der Waals surface area (Å²) < 4.78 is 44.0. The number of alkyl halides is 3. The molecule has 6 nitrogen and oxygen atoms in total. The van der Waals surface area contributed by atoms with E-state index >= 15 is 0 Å². The van der Waals surface area contributed by atoms with Crippen LogP contribution in [0.1, 0.15) is 11.1 Å². The molecular formula is C16H16BrF3N2O4. The maximum atomic E-state index is 13.1. The summed E-state index contributed by atoms with van der Waals surface area (Å²) >= 11 is 3.07. The molecule has 0 spiro atoms. The molecule has 0 bridgehead atoms. The Morgan fingerprint density at radius 3 is 2.62 bits per heavy atom. The zero-order valence-corrected chi connectivity index (χ0v) is 15.5. The van der Waals surface area contributed by atoms with Crippen molar-refractivity contribution in [1.82, 2.24) is 4.90 Å². The third-order valence-corrected chi connectivity index (χ3v) is 4.71. The molecule has 0 saturated carbocycles. The van der Waals surface area contributed by atoms with E-state index in [1.165, 1.54) is 4.90 Å². The molecule has 1 aliphatic heterocycles. The second-order valence-electron chi connectivity index (χ2n) is 5.55. The third kappa shape index (κ3) is 4.01. The second kappa shape index (κ2) is 7.67. The van der Waals surface area contributed by atoms with Gasteiger partial charge in [0.1, 0.15) is 5.70 Å². The number of hydrogen-bond donors (Lipinski definition) is 2. The van der Waals surface area contributed by atoms with Gasteiger partial charge >= 0.3 is 12.1 Å². The Morgan fingerprint density at radius 1 is 1.42 bits per heavy atom. The van der Waals surface area contributed by atoms with Gasteiger partial charge in [0.05, 0.1) is 31.4 Å². The summed E-state index contributed by atoms with van der Waals surface area (Å²) in [7, 11) is 1.14. The SMILES string of the molecule is COC(=O)C1=C(Nc2cc(C(F)(F)F)cc(Br)c2C)C(=O)N(CCO)C1. The van der Waals surface area contributed by atoms with Crippen LogP contribution in [0.4, 0.5) is 18.9 Å². The van der Waals surface area contributed by atoms with Crippen molar-refractivity contribution in [2.45, 2.75) is 13.1 Å². The fraction of sp³-hybridized carbons (Fsp3) is 0.375. The topological polar surface area (TPSA) is 78.9 Å². The number of β-amino-alcohol motifs (C(OH)–C–C–N with tert-alkyl or cyclic N) is 1. The lowest BCUT2D eigenvalue weighted by Gasteiger charge is -2.17. The van der Waals surface area contributed by atoms with Crippen LogP contribution >= 0.6 is 15.9 Å². The third-order valence-electron chi connectivity index (χ3n) is 3.88. The molecule has 0 unspecified atom stereocenters. The fourth-order valence-corrected chi connectivity index (χ4v) is 2.92. The Kier molecular flexibility index (Phi) is 5.97. The molecule has 0 aromatic heterocycles. The van der Waals surface area contributed by atoms with Gasteiger partial charge in [-0.25, -0.2) is 4.79 Å². The highest BCUT2D eigenvalue weighted by Gasteiger charge is 2.36. The van der Waals surface area contributed by atoms with Crippen molar-refractivity contribution >= 4 is 33.5 Å². The van der Waals surface area contributed by atoms with E-state index in [2.05, 4.69) is 26.0 Å². The average molecular weight is 437 g/mol. The number of ether oxygens (including phenoxy) is 1. The molecule has 0 radical (unpaired) electrons. The Hall–Kier alpha value is -2.07. The van der Waals surface area contributed by atoms with E-state index < -0.39 is 23.6 Å². The van der Waals surface area contributed by atoms with Crippen LogP contribution in [0.25, 0.3) is 0 Å². The zero-order valence-electron chi connectivity index (χ0n) is 13.9. The fourth-order valence-electron chi connectivity index (χ4n) is 2.46. The van der Waals surface area contributed by atoms with E-state index in [0.717, 1.165) is 19.2 Å². The van der Waals surface area contributed by atoms with Crippen molar-refractivity contribution in [3.63, 3.8) is 0 Å². The molecule has 0 saturated heterocycles. The molecule has 1 aromatic rings. The number of esters is 1. The second-order valence-corrected chi connectivity index (χ2v) is 6.40. The molecule has 2 N–H and O–H groups in total. The quantitative estimate of drug-likeness (QED) is 0.693. The van der Waals surface area contributed by atoms with Crippen molar-refractivity contribution in [2.75, 3.05) is 32.1 Å². The van der Waals surface area contributed by atoms with Gasteiger partial charge < -0.3 is 20.1 Å². The number of anilines is 1. The molecule has 0 aliphatic carbocycles. The van der Waals surface area contributed by atoms with Crippen LogP contribution in [0, 0.1) is 6.92 Å². The van der Waals surface area contributed by atoms with Crippen LogP contribution in [0.3, 0.4) is 0 Å². The van der Waals surface area contributed by atoms with Crippen LogP contribution in [0.2, 0.25) is 0 Å². The molecule has 10 heteroatoms. The minimum Gasteiger partial charge on any atom is -0.466 e. The van der Waals surface area contributed by atoms with Gasteiger partial charge in [-0.1, -0.05) is 15.9 Å². The lowest BCUT2D eigenvalue weighted by molar-refractivity contribution is -0.138. The first-order valence-electron chi connectivity index (χ1n) is 7.46. The van der Waals surface area contributed by atoms with Gasteiger partial charge in [-0.15, -0.1) is 0 Å². The van der Waals surface area contributed by atoms with Crippen molar-refractivity contribution in [3.8, 4) is 0 Å². The number of methoxy groups -OCH3 is 1. The number of nitrogens with one attached hydrogen (secondary N) is 1. The van der Waals surface area contributed by atoms with Crippen LogP contribution < -0.4 is 5.32 Å². The van der Waals surface area contributed by atoms with Crippen molar-refractivity contribution in [2.24, 2.45) is 0 Å². The number of hydrogen-bond acceptors (Lipinski definition) is 5. The average Bonchev–Trinajstić information content (AvgIpc) is 2.87. The highest BCUT2D eigenvalue weighted by molar-refractivity contribution is 9.10. The van der Waals surface area contributed by atoms with E-state index in [-0.39, 0.29) is 41.1 Å². The summed E-state index contributed by atoms with van der Waals surface area (Å²) in [5.74, 6) is -1.38. The maximum absolute atomic E-state index is 13.1. The number of aliphatic hydroxyl groups is 1. The lowest BCUT2D eigenvalue weighted by atomic mass is 10.1. The largest absolute Gasteiger partial charge is 0.466 e. The number of rotatable bonds is 5.